The zero-order chi connectivity index (χ0) is 21.6. The normalized spacial score (nSPS) is 36.9. The first-order valence-electron chi connectivity index (χ1n) is 9.70. The van der Waals surface area contributed by atoms with Gasteiger partial charge in [-0.25, -0.2) is 4.79 Å². The highest BCUT2D eigenvalue weighted by atomic mass is 16.6. The number of ketones is 1. The minimum absolute atomic E-state index is 0.0459. The van der Waals surface area contributed by atoms with E-state index in [0.717, 1.165) is 0 Å². The van der Waals surface area contributed by atoms with Crippen LogP contribution in [0.1, 0.15) is 53.4 Å². The molecular weight excluding hydrogens is 376 g/mol. The molecular formula is C22H26O7. The minimum atomic E-state index is -1.20. The van der Waals surface area contributed by atoms with Crippen molar-refractivity contribution in [2.45, 2.75) is 64.6 Å². The lowest BCUT2D eigenvalue weighted by Gasteiger charge is -2.53. The van der Waals surface area contributed by atoms with Gasteiger partial charge in [-0.15, -0.1) is 0 Å². The van der Waals surface area contributed by atoms with Crippen molar-refractivity contribution in [3.05, 3.63) is 35.5 Å². The van der Waals surface area contributed by atoms with E-state index >= 15 is 0 Å². The number of allylic oxidation sites excluding steroid dienone is 3. The van der Waals surface area contributed by atoms with Gasteiger partial charge in [0.2, 0.25) is 0 Å². The van der Waals surface area contributed by atoms with Crippen LogP contribution >= 0.6 is 0 Å². The van der Waals surface area contributed by atoms with Crippen LogP contribution in [0.4, 0.5) is 0 Å². The average Bonchev–Trinajstić information content (AvgIpc) is 2.81. The Balaban J connectivity index is 2.11. The number of hydrogen-bond acceptors (Lipinski definition) is 6. The number of Topliss-reactive ketones (excluding diaryl/α,β-unsaturated/α-hetero) is 1. The SMILES string of the molecule is CC(=O)O[C@]12CC=C(C)C(=O)C[C@@]13CC[C@@H]2[C@@](C)(/C=C/C=C(\C)C(=O)O)OC3=O. The summed E-state index contributed by atoms with van der Waals surface area (Å²) in [6.45, 7) is 6.21. The number of carboxylic acids is 1. The van der Waals surface area contributed by atoms with Crippen LogP contribution in [-0.2, 0) is 28.7 Å². The molecule has 3 aliphatic rings. The molecule has 4 atom stereocenters. The summed E-state index contributed by atoms with van der Waals surface area (Å²) in [5.74, 6) is -2.60. The first-order valence-corrected chi connectivity index (χ1v) is 9.70. The molecule has 0 unspecified atom stereocenters. The zero-order valence-electron chi connectivity index (χ0n) is 17.1. The summed E-state index contributed by atoms with van der Waals surface area (Å²) in [5, 5.41) is 9.02. The van der Waals surface area contributed by atoms with Crippen molar-refractivity contribution in [2.24, 2.45) is 11.3 Å². The molecule has 0 spiro atoms. The molecule has 29 heavy (non-hydrogen) atoms. The van der Waals surface area contributed by atoms with E-state index in [4.69, 9.17) is 14.6 Å². The number of carboxylic acid groups (broad SMARTS) is 1. The Hall–Kier alpha value is -2.70. The number of rotatable bonds is 4. The summed E-state index contributed by atoms with van der Waals surface area (Å²) < 4.78 is 11.7. The molecule has 1 N–H and O–H groups in total. The number of hydrogen-bond donors (Lipinski definition) is 1. The van der Waals surface area contributed by atoms with Crippen LogP contribution in [-0.4, -0.2) is 40.0 Å². The summed E-state index contributed by atoms with van der Waals surface area (Å²) in [5.41, 5.74) is -2.78. The van der Waals surface area contributed by atoms with Gasteiger partial charge < -0.3 is 14.6 Å². The Bertz CT molecular complexity index is 880. The largest absolute Gasteiger partial charge is 0.478 e. The molecule has 7 nitrogen and oxygen atoms in total. The molecule has 0 radical (unpaired) electrons. The van der Waals surface area contributed by atoms with Crippen molar-refractivity contribution < 1.29 is 33.8 Å². The zero-order valence-corrected chi connectivity index (χ0v) is 17.1. The van der Waals surface area contributed by atoms with E-state index in [2.05, 4.69) is 0 Å². The molecule has 7 heteroatoms. The van der Waals surface area contributed by atoms with Crippen LogP contribution in [0, 0.1) is 11.3 Å². The van der Waals surface area contributed by atoms with Gasteiger partial charge >= 0.3 is 17.9 Å². The van der Waals surface area contributed by atoms with Gasteiger partial charge in [0.15, 0.2) is 5.78 Å². The van der Waals surface area contributed by atoms with Gasteiger partial charge in [0, 0.05) is 31.3 Å². The van der Waals surface area contributed by atoms with E-state index in [1.807, 2.05) is 0 Å². The monoisotopic (exact) mass is 402 g/mol. The van der Waals surface area contributed by atoms with E-state index in [0.29, 0.717) is 18.4 Å². The third-order valence-electron chi connectivity index (χ3n) is 6.68. The van der Waals surface area contributed by atoms with Crippen molar-refractivity contribution >= 4 is 23.7 Å². The summed E-state index contributed by atoms with van der Waals surface area (Å²) in [4.78, 5) is 49.0. The Morgan fingerprint density at radius 3 is 2.62 bits per heavy atom. The average molecular weight is 402 g/mol. The van der Waals surface area contributed by atoms with E-state index in [9.17, 15) is 19.2 Å². The highest BCUT2D eigenvalue weighted by molar-refractivity contribution is 6.00. The molecule has 1 heterocycles. The highest BCUT2D eigenvalue weighted by Crippen LogP contribution is 2.65. The summed E-state index contributed by atoms with van der Waals surface area (Å²) in [7, 11) is 0. The van der Waals surface area contributed by atoms with Crippen molar-refractivity contribution in [3.8, 4) is 0 Å². The first-order chi connectivity index (χ1) is 13.5. The van der Waals surface area contributed by atoms with Crippen LogP contribution in [0.3, 0.4) is 0 Å². The maximum absolute atomic E-state index is 13.3. The van der Waals surface area contributed by atoms with Gasteiger partial charge in [-0.05, 0) is 45.3 Å². The predicted molar refractivity (Wildman–Crippen MR) is 103 cm³/mol. The van der Waals surface area contributed by atoms with Crippen molar-refractivity contribution in [1.29, 1.82) is 0 Å². The van der Waals surface area contributed by atoms with E-state index < -0.39 is 34.5 Å². The molecule has 1 aliphatic heterocycles. The summed E-state index contributed by atoms with van der Waals surface area (Å²) in [6, 6.07) is 0. The third kappa shape index (κ3) is 3.12. The topological polar surface area (TPSA) is 107 Å². The number of cyclic esters (lactones) is 1. The Morgan fingerprint density at radius 2 is 2.00 bits per heavy atom. The fraction of sp³-hybridized carbons (Fsp3) is 0.545. The standard InChI is InChI=1S/C22H26O7/c1-13-7-11-22(28-15(3)23)17-8-10-21(22,12-16(13)24)19(27)29-20(17,4)9-5-6-14(2)18(25)26/h5-7,9,17H,8,10-12H2,1-4H3,(H,25,26)/b9-5+,14-6+/t17-,20-,21-,22+/m1/s1. The molecule has 2 fully saturated rings. The Kier molecular flexibility index (Phi) is 5.05. The second-order valence-electron chi connectivity index (χ2n) is 8.44. The molecule has 1 saturated heterocycles. The van der Waals surface area contributed by atoms with Crippen LogP contribution in [0.2, 0.25) is 0 Å². The van der Waals surface area contributed by atoms with E-state index in [1.54, 1.807) is 32.1 Å². The third-order valence-corrected chi connectivity index (χ3v) is 6.68. The van der Waals surface area contributed by atoms with Crippen LogP contribution in [0.15, 0.2) is 35.5 Å². The first kappa shape index (κ1) is 21.0. The minimum Gasteiger partial charge on any atom is -0.478 e. The fourth-order valence-corrected chi connectivity index (χ4v) is 5.11. The lowest BCUT2D eigenvalue weighted by Crippen LogP contribution is -2.65. The molecule has 3 rings (SSSR count). The van der Waals surface area contributed by atoms with Gasteiger partial charge in [0.1, 0.15) is 16.6 Å². The van der Waals surface area contributed by atoms with Gasteiger partial charge in [-0.3, -0.25) is 14.4 Å². The molecule has 2 bridgehead atoms. The van der Waals surface area contributed by atoms with Crippen molar-refractivity contribution in [2.75, 3.05) is 0 Å². The van der Waals surface area contributed by atoms with Crippen LogP contribution in [0.5, 0.6) is 0 Å². The van der Waals surface area contributed by atoms with E-state index in [1.165, 1.54) is 19.9 Å². The van der Waals surface area contributed by atoms with Gasteiger partial charge in [-0.1, -0.05) is 18.2 Å². The number of carbonyl (C=O) groups excluding carboxylic acids is 3. The molecule has 2 aliphatic carbocycles. The van der Waals surface area contributed by atoms with E-state index in [-0.39, 0.29) is 30.1 Å². The number of ether oxygens (including phenoxy) is 2. The lowest BCUT2D eigenvalue weighted by molar-refractivity contribution is -0.233. The smallest absolute Gasteiger partial charge is 0.331 e. The van der Waals surface area contributed by atoms with Gasteiger partial charge in [0.25, 0.3) is 0 Å². The van der Waals surface area contributed by atoms with Crippen LogP contribution < -0.4 is 0 Å². The molecule has 1 saturated carbocycles. The van der Waals surface area contributed by atoms with Gasteiger partial charge in [-0.2, -0.15) is 0 Å². The second-order valence-corrected chi connectivity index (χ2v) is 8.44. The van der Waals surface area contributed by atoms with Crippen LogP contribution in [0.25, 0.3) is 0 Å². The quantitative estimate of drug-likeness (QED) is 0.438. The lowest BCUT2D eigenvalue weighted by atomic mass is 9.62. The fourth-order valence-electron chi connectivity index (χ4n) is 5.11. The Morgan fingerprint density at radius 1 is 1.31 bits per heavy atom. The highest BCUT2D eigenvalue weighted by Gasteiger charge is 2.75. The Labute approximate surface area is 169 Å². The number of aliphatic carboxylic acids is 1. The molecule has 0 aromatic heterocycles. The summed E-state index contributed by atoms with van der Waals surface area (Å²) >= 11 is 0. The van der Waals surface area contributed by atoms with Crippen molar-refractivity contribution in [1.82, 2.24) is 0 Å². The molecule has 0 amide bonds. The number of carbonyl (C=O) groups is 4. The van der Waals surface area contributed by atoms with Gasteiger partial charge in [0.05, 0.1) is 0 Å². The number of esters is 2. The predicted octanol–water partition coefficient (Wildman–Crippen LogP) is 2.90. The maximum Gasteiger partial charge on any atom is 0.331 e. The molecule has 156 valence electrons. The summed E-state index contributed by atoms with van der Waals surface area (Å²) in [6.07, 6.45) is 7.52. The second kappa shape index (κ2) is 6.97. The molecule has 0 aromatic carbocycles. The van der Waals surface area contributed by atoms with Crippen molar-refractivity contribution in [3.63, 3.8) is 0 Å². The maximum atomic E-state index is 13.3. The molecule has 0 aromatic rings.